The Morgan fingerprint density at radius 1 is 1.33 bits per heavy atom. The third kappa shape index (κ3) is 2.06. The van der Waals surface area contributed by atoms with E-state index in [4.69, 9.17) is 5.73 Å². The molecular weight excluding hydrogens is 272 g/mol. The van der Waals surface area contributed by atoms with E-state index in [1.807, 2.05) is 6.92 Å². The van der Waals surface area contributed by atoms with Crippen LogP contribution in [0.25, 0.3) is 22.6 Å². The van der Waals surface area contributed by atoms with E-state index in [0.717, 1.165) is 0 Å². The minimum Gasteiger partial charge on any atom is -0.364 e. The molecule has 0 saturated heterocycles. The summed E-state index contributed by atoms with van der Waals surface area (Å²) in [6, 6.07) is 3.43. The molecule has 0 aromatic carbocycles. The second-order valence-corrected chi connectivity index (χ2v) is 4.37. The van der Waals surface area contributed by atoms with Crippen LogP contribution in [0.5, 0.6) is 0 Å². The number of aromatic amines is 1. The number of hydrogen-bond donors (Lipinski definition) is 2. The van der Waals surface area contributed by atoms with Gasteiger partial charge in [-0.1, -0.05) is 0 Å². The van der Waals surface area contributed by atoms with Gasteiger partial charge in [0.15, 0.2) is 17.2 Å². The monoisotopic (exact) mass is 284 g/mol. The highest BCUT2D eigenvalue weighted by Gasteiger charge is 2.18. The number of hydrogen-bond acceptors (Lipinski definition) is 5. The Morgan fingerprint density at radius 3 is 2.67 bits per heavy atom. The fourth-order valence-corrected chi connectivity index (χ4v) is 2.13. The fraction of sp³-hybridized carbons (Fsp3) is 0.154. The molecule has 0 bridgehead atoms. The maximum atomic E-state index is 11.9. The van der Waals surface area contributed by atoms with Crippen LogP contribution in [0.15, 0.2) is 29.3 Å². The van der Waals surface area contributed by atoms with Gasteiger partial charge in [-0.05, 0) is 19.1 Å². The van der Waals surface area contributed by atoms with Crippen molar-refractivity contribution in [1.29, 1.82) is 0 Å². The van der Waals surface area contributed by atoms with Gasteiger partial charge in [-0.2, -0.15) is 0 Å². The Hall–Kier alpha value is -3.03. The van der Waals surface area contributed by atoms with Crippen molar-refractivity contribution >= 4 is 17.1 Å². The first-order chi connectivity index (χ1) is 10.1. The zero-order valence-corrected chi connectivity index (χ0v) is 11.2. The van der Waals surface area contributed by atoms with Crippen molar-refractivity contribution < 1.29 is 4.79 Å². The van der Waals surface area contributed by atoms with E-state index in [-0.39, 0.29) is 16.9 Å². The maximum Gasteiger partial charge on any atom is 0.327 e. The van der Waals surface area contributed by atoms with E-state index in [9.17, 15) is 9.59 Å². The number of amides is 1. The summed E-state index contributed by atoms with van der Waals surface area (Å²) < 4.78 is 1.42. The predicted octanol–water partition coefficient (Wildman–Crippen LogP) is 0.300. The molecule has 0 aliphatic carbocycles. The SMILES string of the molecule is CCn1c(=O)[nH]c2c(C(N)=O)nc(-c3ccncc3)nc21. The Balaban J connectivity index is 2.38. The first-order valence-corrected chi connectivity index (χ1v) is 6.32. The number of nitrogens with zero attached hydrogens (tertiary/aromatic N) is 4. The number of pyridine rings is 1. The van der Waals surface area contributed by atoms with E-state index in [2.05, 4.69) is 19.9 Å². The molecule has 0 spiro atoms. The average Bonchev–Trinajstić information content (AvgIpc) is 2.82. The number of imidazole rings is 1. The van der Waals surface area contributed by atoms with Crippen molar-refractivity contribution in [3.63, 3.8) is 0 Å². The van der Waals surface area contributed by atoms with Gasteiger partial charge in [0.2, 0.25) is 0 Å². The van der Waals surface area contributed by atoms with Gasteiger partial charge in [0.05, 0.1) is 0 Å². The molecule has 3 rings (SSSR count). The minimum atomic E-state index is -0.720. The van der Waals surface area contributed by atoms with E-state index in [1.54, 1.807) is 24.5 Å². The maximum absolute atomic E-state index is 11.9. The molecule has 21 heavy (non-hydrogen) atoms. The third-order valence-electron chi connectivity index (χ3n) is 3.11. The number of nitrogens with two attached hydrogens (primary N) is 1. The summed E-state index contributed by atoms with van der Waals surface area (Å²) in [4.78, 5) is 38.5. The van der Waals surface area contributed by atoms with Crippen LogP contribution in [0.3, 0.4) is 0 Å². The van der Waals surface area contributed by atoms with Crippen molar-refractivity contribution in [2.45, 2.75) is 13.5 Å². The summed E-state index contributed by atoms with van der Waals surface area (Å²) in [6.45, 7) is 2.23. The Bertz CT molecular complexity index is 881. The summed E-state index contributed by atoms with van der Waals surface area (Å²) >= 11 is 0. The summed E-state index contributed by atoms with van der Waals surface area (Å²) in [5.41, 5.74) is 6.30. The lowest BCUT2D eigenvalue weighted by atomic mass is 10.2. The molecule has 3 aromatic rings. The molecule has 3 N–H and O–H groups in total. The summed E-state index contributed by atoms with van der Waals surface area (Å²) in [7, 11) is 0. The second-order valence-electron chi connectivity index (χ2n) is 4.37. The molecule has 8 heteroatoms. The van der Waals surface area contributed by atoms with Crippen molar-refractivity contribution in [3.05, 3.63) is 40.7 Å². The summed E-state index contributed by atoms with van der Waals surface area (Å²) in [6.07, 6.45) is 3.19. The van der Waals surface area contributed by atoms with Gasteiger partial charge in [0.1, 0.15) is 5.52 Å². The van der Waals surface area contributed by atoms with Gasteiger partial charge in [0, 0.05) is 24.5 Å². The highest BCUT2D eigenvalue weighted by molar-refractivity contribution is 6.01. The molecule has 0 radical (unpaired) electrons. The molecule has 106 valence electrons. The Morgan fingerprint density at radius 2 is 2.05 bits per heavy atom. The molecule has 0 saturated carbocycles. The molecule has 0 atom stereocenters. The normalized spacial score (nSPS) is 10.9. The average molecular weight is 284 g/mol. The van der Waals surface area contributed by atoms with Crippen LogP contribution in [-0.4, -0.2) is 30.4 Å². The molecule has 0 fully saturated rings. The second kappa shape index (κ2) is 4.82. The van der Waals surface area contributed by atoms with Crippen LogP contribution in [-0.2, 0) is 6.54 Å². The van der Waals surface area contributed by atoms with Gasteiger partial charge in [0.25, 0.3) is 5.91 Å². The van der Waals surface area contributed by atoms with E-state index >= 15 is 0 Å². The van der Waals surface area contributed by atoms with Crippen molar-refractivity contribution in [3.8, 4) is 11.4 Å². The zero-order valence-electron chi connectivity index (χ0n) is 11.2. The molecule has 8 nitrogen and oxygen atoms in total. The third-order valence-corrected chi connectivity index (χ3v) is 3.11. The van der Waals surface area contributed by atoms with E-state index in [1.165, 1.54) is 4.57 Å². The van der Waals surface area contributed by atoms with Crippen LogP contribution in [0, 0.1) is 0 Å². The lowest BCUT2D eigenvalue weighted by molar-refractivity contribution is 0.0997. The van der Waals surface area contributed by atoms with Crippen LogP contribution in [0.2, 0.25) is 0 Å². The van der Waals surface area contributed by atoms with Gasteiger partial charge in [-0.15, -0.1) is 0 Å². The van der Waals surface area contributed by atoms with Gasteiger partial charge < -0.3 is 10.7 Å². The molecule has 3 heterocycles. The number of fused-ring (bicyclic) bond motifs is 1. The predicted molar refractivity (Wildman–Crippen MR) is 75.6 cm³/mol. The highest BCUT2D eigenvalue weighted by atomic mass is 16.2. The number of primary amides is 1. The molecule has 0 aliphatic heterocycles. The molecule has 3 aromatic heterocycles. The topological polar surface area (TPSA) is 120 Å². The number of rotatable bonds is 3. The summed E-state index contributed by atoms with van der Waals surface area (Å²) in [5.74, 6) is -0.401. The minimum absolute atomic E-state index is 0.00360. The van der Waals surface area contributed by atoms with Crippen LogP contribution in [0.1, 0.15) is 17.4 Å². The number of H-pyrrole nitrogens is 1. The van der Waals surface area contributed by atoms with Crippen LogP contribution < -0.4 is 11.4 Å². The Kier molecular flexibility index (Phi) is 2.98. The quantitative estimate of drug-likeness (QED) is 0.716. The first-order valence-electron chi connectivity index (χ1n) is 6.32. The van der Waals surface area contributed by atoms with Gasteiger partial charge in [-0.3, -0.25) is 14.3 Å². The molecule has 1 amide bonds. The van der Waals surface area contributed by atoms with Crippen molar-refractivity contribution in [2.24, 2.45) is 5.73 Å². The molecule has 0 aliphatic rings. The van der Waals surface area contributed by atoms with Crippen LogP contribution >= 0.6 is 0 Å². The number of aromatic nitrogens is 5. The zero-order chi connectivity index (χ0) is 15.0. The number of carbonyl (C=O) groups is 1. The lowest BCUT2D eigenvalue weighted by Gasteiger charge is -2.04. The summed E-state index contributed by atoms with van der Waals surface area (Å²) in [5, 5.41) is 0. The molecular formula is C13H12N6O2. The smallest absolute Gasteiger partial charge is 0.327 e. The first kappa shape index (κ1) is 13.0. The fourth-order valence-electron chi connectivity index (χ4n) is 2.13. The van der Waals surface area contributed by atoms with Crippen LogP contribution in [0.4, 0.5) is 0 Å². The molecule has 0 unspecified atom stereocenters. The van der Waals surface area contributed by atoms with Gasteiger partial charge >= 0.3 is 5.69 Å². The van der Waals surface area contributed by atoms with Crippen molar-refractivity contribution in [1.82, 2.24) is 24.5 Å². The number of aryl methyl sites for hydroxylation is 1. The van der Waals surface area contributed by atoms with Gasteiger partial charge in [-0.25, -0.2) is 14.8 Å². The van der Waals surface area contributed by atoms with Crippen molar-refractivity contribution in [2.75, 3.05) is 0 Å². The number of nitrogens with one attached hydrogen (secondary N) is 1. The van der Waals surface area contributed by atoms with E-state index < -0.39 is 5.91 Å². The Labute approximate surface area is 118 Å². The number of carbonyl (C=O) groups excluding carboxylic acids is 1. The van der Waals surface area contributed by atoms with E-state index in [0.29, 0.717) is 23.6 Å². The lowest BCUT2D eigenvalue weighted by Crippen LogP contribution is -2.15. The largest absolute Gasteiger partial charge is 0.364 e. The standard InChI is InChI=1S/C13H12N6O2/c1-2-19-12-9(17-13(19)21)8(10(14)20)16-11(18-12)7-3-5-15-6-4-7/h3-6H,2H2,1H3,(H2,14,20)(H,17,21). The highest BCUT2D eigenvalue weighted by Crippen LogP contribution is 2.19.